The number of hydrogen-bond acceptors (Lipinski definition) is 3. The molecule has 1 amide bonds. The molecule has 2 N–H and O–H groups in total. The number of aromatic hydroxyl groups is 1. The summed E-state index contributed by atoms with van der Waals surface area (Å²) in [5.41, 5.74) is 2.43. The van der Waals surface area contributed by atoms with Gasteiger partial charge in [0.1, 0.15) is 11.5 Å². The third-order valence-corrected chi connectivity index (χ3v) is 3.20. The third kappa shape index (κ3) is 4.24. The monoisotopic (exact) mass is 285 g/mol. The summed E-state index contributed by atoms with van der Waals surface area (Å²) in [5.74, 6) is 0.741. The van der Waals surface area contributed by atoms with E-state index in [2.05, 4.69) is 5.32 Å². The number of carbonyl (C=O) groups is 1. The Hall–Kier alpha value is -2.49. The van der Waals surface area contributed by atoms with Gasteiger partial charge >= 0.3 is 0 Å². The standard InChI is InChI=1S/C17H19NO3/c1-12-6-8-15(16(19)10-12)18-17(20)9-7-13-4-3-5-14(11-13)21-2/h3-6,8,10-11,19H,7,9H2,1-2H3,(H,18,20). The zero-order chi connectivity index (χ0) is 15.2. The molecule has 4 heteroatoms. The number of amides is 1. The Morgan fingerprint density at radius 2 is 2.05 bits per heavy atom. The molecular weight excluding hydrogens is 266 g/mol. The predicted molar refractivity (Wildman–Crippen MR) is 82.8 cm³/mol. The number of ether oxygens (including phenoxy) is 1. The fourth-order valence-corrected chi connectivity index (χ4v) is 2.05. The number of methoxy groups -OCH3 is 1. The Labute approximate surface area is 124 Å². The van der Waals surface area contributed by atoms with E-state index < -0.39 is 0 Å². The second kappa shape index (κ2) is 6.79. The summed E-state index contributed by atoms with van der Waals surface area (Å²) in [5, 5.41) is 12.5. The highest BCUT2D eigenvalue weighted by Gasteiger charge is 2.07. The number of nitrogens with one attached hydrogen (secondary N) is 1. The van der Waals surface area contributed by atoms with Gasteiger partial charge in [-0.25, -0.2) is 0 Å². The molecule has 0 aliphatic rings. The van der Waals surface area contributed by atoms with Gasteiger partial charge in [0.25, 0.3) is 0 Å². The number of aryl methyl sites for hydroxylation is 2. The van der Waals surface area contributed by atoms with Crippen LogP contribution in [-0.2, 0) is 11.2 Å². The normalized spacial score (nSPS) is 10.2. The molecule has 2 rings (SSSR count). The molecule has 4 nitrogen and oxygen atoms in total. The third-order valence-electron chi connectivity index (χ3n) is 3.20. The van der Waals surface area contributed by atoms with Gasteiger partial charge in [-0.05, 0) is 48.7 Å². The van der Waals surface area contributed by atoms with Gasteiger partial charge in [0.2, 0.25) is 5.91 Å². The highest BCUT2D eigenvalue weighted by molar-refractivity contribution is 5.92. The molecule has 0 atom stereocenters. The molecule has 2 aromatic rings. The molecule has 0 saturated carbocycles. The Morgan fingerprint density at radius 1 is 1.24 bits per heavy atom. The van der Waals surface area contributed by atoms with Gasteiger partial charge in [0.05, 0.1) is 12.8 Å². The van der Waals surface area contributed by atoms with Gasteiger partial charge < -0.3 is 15.2 Å². The summed E-state index contributed by atoms with van der Waals surface area (Å²) in [7, 11) is 1.62. The summed E-state index contributed by atoms with van der Waals surface area (Å²) in [4.78, 5) is 11.9. The van der Waals surface area contributed by atoms with Crippen molar-refractivity contribution >= 4 is 11.6 Å². The number of carbonyl (C=O) groups excluding carboxylic acids is 1. The fraction of sp³-hybridized carbons (Fsp3) is 0.235. The minimum atomic E-state index is -0.128. The van der Waals surface area contributed by atoms with Crippen molar-refractivity contribution in [2.45, 2.75) is 19.8 Å². The lowest BCUT2D eigenvalue weighted by Crippen LogP contribution is -2.12. The maximum absolute atomic E-state index is 11.9. The first-order valence-electron chi connectivity index (χ1n) is 6.81. The van der Waals surface area contributed by atoms with E-state index in [1.54, 1.807) is 19.2 Å². The van der Waals surface area contributed by atoms with Crippen molar-refractivity contribution < 1.29 is 14.6 Å². The molecule has 0 radical (unpaired) electrons. The Balaban J connectivity index is 1.92. The predicted octanol–water partition coefficient (Wildman–Crippen LogP) is 3.28. The van der Waals surface area contributed by atoms with Gasteiger partial charge in [-0.2, -0.15) is 0 Å². The zero-order valence-electron chi connectivity index (χ0n) is 12.2. The topological polar surface area (TPSA) is 58.6 Å². The summed E-state index contributed by atoms with van der Waals surface area (Å²) in [6, 6.07) is 12.8. The van der Waals surface area contributed by atoms with Crippen molar-refractivity contribution in [2.75, 3.05) is 12.4 Å². The van der Waals surface area contributed by atoms with E-state index in [1.807, 2.05) is 37.3 Å². The SMILES string of the molecule is COc1cccc(CCC(=O)Nc2ccc(C)cc2O)c1. The number of benzene rings is 2. The molecule has 0 fully saturated rings. The summed E-state index contributed by atoms with van der Waals surface area (Å²) < 4.78 is 5.15. The average Bonchev–Trinajstić information content (AvgIpc) is 2.48. The maximum Gasteiger partial charge on any atom is 0.224 e. The van der Waals surface area contributed by atoms with Crippen molar-refractivity contribution in [3.8, 4) is 11.5 Å². The lowest BCUT2D eigenvalue weighted by atomic mass is 10.1. The molecule has 110 valence electrons. The van der Waals surface area contributed by atoms with E-state index in [4.69, 9.17) is 4.74 Å². The van der Waals surface area contributed by atoms with E-state index >= 15 is 0 Å². The van der Waals surface area contributed by atoms with Crippen molar-refractivity contribution in [1.29, 1.82) is 0 Å². The van der Waals surface area contributed by atoms with Crippen LogP contribution >= 0.6 is 0 Å². The van der Waals surface area contributed by atoms with Crippen molar-refractivity contribution in [3.63, 3.8) is 0 Å². The molecular formula is C17H19NO3. The second-order valence-corrected chi connectivity index (χ2v) is 4.92. The van der Waals surface area contributed by atoms with Gasteiger partial charge in [-0.1, -0.05) is 18.2 Å². The minimum absolute atomic E-state index is 0.0877. The van der Waals surface area contributed by atoms with Crippen molar-refractivity contribution in [2.24, 2.45) is 0 Å². The van der Waals surface area contributed by atoms with Crippen LogP contribution < -0.4 is 10.1 Å². The summed E-state index contributed by atoms with van der Waals surface area (Å²) in [6.45, 7) is 1.88. The lowest BCUT2D eigenvalue weighted by molar-refractivity contribution is -0.116. The van der Waals surface area contributed by atoms with Gasteiger partial charge in [0, 0.05) is 6.42 Å². The highest BCUT2D eigenvalue weighted by atomic mass is 16.5. The van der Waals surface area contributed by atoms with Gasteiger partial charge in [0.15, 0.2) is 0 Å². The smallest absolute Gasteiger partial charge is 0.224 e. The molecule has 0 heterocycles. The van der Waals surface area contributed by atoms with Crippen LogP contribution in [0.5, 0.6) is 11.5 Å². The zero-order valence-corrected chi connectivity index (χ0v) is 12.2. The van der Waals surface area contributed by atoms with Crippen LogP contribution in [0.2, 0.25) is 0 Å². The van der Waals surface area contributed by atoms with E-state index in [0.717, 1.165) is 16.9 Å². The van der Waals surface area contributed by atoms with Crippen molar-refractivity contribution in [1.82, 2.24) is 0 Å². The molecule has 0 unspecified atom stereocenters. The fourth-order valence-electron chi connectivity index (χ4n) is 2.05. The van der Waals surface area contributed by atoms with E-state index in [-0.39, 0.29) is 11.7 Å². The minimum Gasteiger partial charge on any atom is -0.506 e. The molecule has 0 aromatic heterocycles. The van der Waals surface area contributed by atoms with E-state index in [9.17, 15) is 9.90 Å². The summed E-state index contributed by atoms with van der Waals surface area (Å²) in [6.07, 6.45) is 0.968. The molecule has 0 aliphatic carbocycles. The Kier molecular flexibility index (Phi) is 4.82. The number of hydrogen-bond donors (Lipinski definition) is 2. The number of rotatable bonds is 5. The Bertz CT molecular complexity index is 638. The van der Waals surface area contributed by atoms with Crippen LogP contribution in [0.25, 0.3) is 0 Å². The molecule has 0 aliphatic heterocycles. The first-order valence-corrected chi connectivity index (χ1v) is 6.81. The molecule has 0 spiro atoms. The number of phenolic OH excluding ortho intramolecular Hbond substituents is 1. The largest absolute Gasteiger partial charge is 0.506 e. The molecule has 0 saturated heterocycles. The van der Waals surface area contributed by atoms with E-state index in [0.29, 0.717) is 18.5 Å². The highest BCUT2D eigenvalue weighted by Crippen LogP contribution is 2.24. The van der Waals surface area contributed by atoms with Crippen molar-refractivity contribution in [3.05, 3.63) is 53.6 Å². The quantitative estimate of drug-likeness (QED) is 0.829. The second-order valence-electron chi connectivity index (χ2n) is 4.92. The lowest BCUT2D eigenvalue weighted by Gasteiger charge is -2.08. The Morgan fingerprint density at radius 3 is 2.76 bits per heavy atom. The van der Waals surface area contributed by atoms with Crippen LogP contribution in [0.15, 0.2) is 42.5 Å². The molecule has 0 bridgehead atoms. The first-order chi connectivity index (χ1) is 10.1. The molecule has 2 aromatic carbocycles. The van der Waals surface area contributed by atoms with Crippen LogP contribution in [-0.4, -0.2) is 18.1 Å². The van der Waals surface area contributed by atoms with E-state index in [1.165, 1.54) is 0 Å². The van der Waals surface area contributed by atoms with Gasteiger partial charge in [-0.3, -0.25) is 4.79 Å². The average molecular weight is 285 g/mol. The number of phenols is 1. The summed E-state index contributed by atoms with van der Waals surface area (Å²) >= 11 is 0. The van der Waals surface area contributed by atoms with Crippen LogP contribution in [0.3, 0.4) is 0 Å². The van der Waals surface area contributed by atoms with Gasteiger partial charge in [-0.15, -0.1) is 0 Å². The first kappa shape index (κ1) is 14.9. The van der Waals surface area contributed by atoms with Crippen LogP contribution in [0.4, 0.5) is 5.69 Å². The van der Waals surface area contributed by atoms with Crippen LogP contribution in [0.1, 0.15) is 17.5 Å². The maximum atomic E-state index is 11.9. The van der Waals surface area contributed by atoms with Crippen LogP contribution in [0, 0.1) is 6.92 Å². The molecule has 21 heavy (non-hydrogen) atoms. The number of anilines is 1.